The summed E-state index contributed by atoms with van der Waals surface area (Å²) < 4.78 is 7.26. The average Bonchev–Trinajstić information content (AvgIpc) is 2.82. The summed E-state index contributed by atoms with van der Waals surface area (Å²) in [4.78, 5) is 15.6. The zero-order chi connectivity index (χ0) is 14.4. The van der Waals surface area contributed by atoms with Gasteiger partial charge in [-0.25, -0.2) is 0 Å². The smallest absolute Gasteiger partial charge is 0.305 e. The molecule has 0 aliphatic carbocycles. The van der Waals surface area contributed by atoms with Crippen molar-refractivity contribution in [1.29, 1.82) is 0 Å². The summed E-state index contributed by atoms with van der Waals surface area (Å²) in [6.45, 7) is 2.80. The predicted octanol–water partition coefficient (Wildman–Crippen LogP) is 2.35. The maximum atomic E-state index is 11.3. The van der Waals surface area contributed by atoms with Crippen LogP contribution in [0.5, 0.6) is 0 Å². The van der Waals surface area contributed by atoms with Crippen LogP contribution in [0.25, 0.3) is 11.5 Å². The fourth-order valence-electron chi connectivity index (χ4n) is 1.83. The molecule has 6 nitrogen and oxygen atoms in total. The minimum absolute atomic E-state index is 0.193. The Morgan fingerprint density at radius 2 is 2.35 bits per heavy atom. The van der Waals surface area contributed by atoms with Crippen molar-refractivity contribution in [3.8, 4) is 11.5 Å². The van der Waals surface area contributed by atoms with Gasteiger partial charge in [-0.3, -0.25) is 19.4 Å². The monoisotopic (exact) mass is 292 g/mol. The Labute approximate surface area is 121 Å². The van der Waals surface area contributed by atoms with Crippen molar-refractivity contribution < 1.29 is 9.53 Å². The van der Waals surface area contributed by atoms with E-state index in [1.54, 1.807) is 13.1 Å². The van der Waals surface area contributed by atoms with Crippen molar-refractivity contribution in [1.82, 2.24) is 19.7 Å². The lowest BCUT2D eigenvalue weighted by molar-refractivity contribution is -0.143. The first-order valence-corrected chi connectivity index (χ1v) is 6.85. The SMILES string of the molecule is CCOC(=O)CCCn1c(-c2ccccn2)n[nH]c1=S. The van der Waals surface area contributed by atoms with E-state index in [0.29, 0.717) is 36.6 Å². The van der Waals surface area contributed by atoms with Crippen LogP contribution in [-0.4, -0.2) is 32.3 Å². The molecule has 20 heavy (non-hydrogen) atoms. The second kappa shape index (κ2) is 6.95. The number of pyridine rings is 1. The van der Waals surface area contributed by atoms with Crippen LogP contribution < -0.4 is 0 Å². The van der Waals surface area contributed by atoms with Crippen LogP contribution in [0.4, 0.5) is 0 Å². The number of nitrogens with one attached hydrogen (secondary N) is 1. The summed E-state index contributed by atoms with van der Waals surface area (Å²) in [6, 6.07) is 5.60. The van der Waals surface area contributed by atoms with Gasteiger partial charge in [0.05, 0.1) is 6.61 Å². The van der Waals surface area contributed by atoms with Crippen molar-refractivity contribution >= 4 is 18.2 Å². The molecule has 0 saturated carbocycles. The molecule has 7 heteroatoms. The number of aromatic amines is 1. The molecule has 0 amide bonds. The highest BCUT2D eigenvalue weighted by molar-refractivity contribution is 7.71. The van der Waals surface area contributed by atoms with Crippen molar-refractivity contribution in [2.45, 2.75) is 26.3 Å². The number of nitrogens with zero attached hydrogens (tertiary/aromatic N) is 3. The van der Waals surface area contributed by atoms with E-state index >= 15 is 0 Å². The van der Waals surface area contributed by atoms with Crippen molar-refractivity contribution in [2.75, 3.05) is 6.61 Å². The number of rotatable bonds is 6. The minimum Gasteiger partial charge on any atom is -0.466 e. The molecular formula is C13H16N4O2S. The van der Waals surface area contributed by atoms with E-state index in [2.05, 4.69) is 15.2 Å². The van der Waals surface area contributed by atoms with Crippen molar-refractivity contribution in [2.24, 2.45) is 0 Å². The van der Waals surface area contributed by atoms with Crippen LogP contribution in [0.3, 0.4) is 0 Å². The Morgan fingerprint density at radius 1 is 1.50 bits per heavy atom. The molecule has 0 aliphatic heterocycles. The molecule has 1 N–H and O–H groups in total. The largest absolute Gasteiger partial charge is 0.466 e. The lowest BCUT2D eigenvalue weighted by atomic mass is 10.3. The summed E-state index contributed by atoms with van der Waals surface area (Å²) in [5.74, 6) is 0.487. The fraction of sp³-hybridized carbons (Fsp3) is 0.385. The summed E-state index contributed by atoms with van der Waals surface area (Å²) in [6.07, 6.45) is 2.71. The maximum Gasteiger partial charge on any atom is 0.305 e. The lowest BCUT2D eigenvalue weighted by Crippen LogP contribution is -2.07. The molecule has 2 rings (SSSR count). The van der Waals surface area contributed by atoms with Gasteiger partial charge in [0.25, 0.3) is 0 Å². The average molecular weight is 292 g/mol. The number of hydrogen-bond donors (Lipinski definition) is 1. The highest BCUT2D eigenvalue weighted by Crippen LogP contribution is 2.14. The van der Waals surface area contributed by atoms with Crippen molar-refractivity contribution in [3.05, 3.63) is 29.2 Å². The van der Waals surface area contributed by atoms with Gasteiger partial charge in [0.2, 0.25) is 0 Å². The van der Waals surface area contributed by atoms with Gasteiger partial charge < -0.3 is 4.74 Å². The molecule has 0 fully saturated rings. The van der Waals surface area contributed by atoms with Gasteiger partial charge >= 0.3 is 5.97 Å². The predicted molar refractivity (Wildman–Crippen MR) is 76.5 cm³/mol. The molecular weight excluding hydrogens is 276 g/mol. The van der Waals surface area contributed by atoms with Gasteiger partial charge in [-0.2, -0.15) is 5.10 Å². The third-order valence-electron chi connectivity index (χ3n) is 2.72. The Hall–Kier alpha value is -2.02. The van der Waals surface area contributed by atoms with Gasteiger partial charge in [0, 0.05) is 19.2 Å². The quantitative estimate of drug-likeness (QED) is 0.653. The molecule has 0 radical (unpaired) electrons. The zero-order valence-electron chi connectivity index (χ0n) is 11.2. The van der Waals surface area contributed by atoms with Crippen LogP contribution >= 0.6 is 12.2 Å². The molecule has 0 aromatic carbocycles. The van der Waals surface area contributed by atoms with E-state index in [0.717, 1.165) is 5.69 Å². The van der Waals surface area contributed by atoms with E-state index in [4.69, 9.17) is 17.0 Å². The topological polar surface area (TPSA) is 72.8 Å². The Kier molecular flexibility index (Phi) is 5.00. The van der Waals surface area contributed by atoms with E-state index in [9.17, 15) is 4.79 Å². The molecule has 0 atom stereocenters. The van der Waals surface area contributed by atoms with Crippen LogP contribution in [0, 0.1) is 4.77 Å². The van der Waals surface area contributed by atoms with Gasteiger partial charge in [-0.15, -0.1) is 0 Å². The molecule has 0 unspecified atom stereocenters. The standard InChI is InChI=1S/C13H16N4O2S/c1-2-19-11(18)7-5-9-17-12(15-16-13(17)20)10-6-3-4-8-14-10/h3-4,6,8H,2,5,7,9H2,1H3,(H,16,20). The number of ether oxygens (including phenoxy) is 1. The third-order valence-corrected chi connectivity index (χ3v) is 3.03. The Bertz CT molecular complexity index is 621. The number of hydrogen-bond acceptors (Lipinski definition) is 5. The van der Waals surface area contributed by atoms with E-state index in [-0.39, 0.29) is 5.97 Å². The second-order valence-electron chi connectivity index (χ2n) is 4.13. The van der Waals surface area contributed by atoms with Crippen LogP contribution in [-0.2, 0) is 16.1 Å². The summed E-state index contributed by atoms with van der Waals surface area (Å²) in [7, 11) is 0. The summed E-state index contributed by atoms with van der Waals surface area (Å²) in [5, 5.41) is 6.95. The second-order valence-corrected chi connectivity index (χ2v) is 4.51. The fourth-order valence-corrected chi connectivity index (χ4v) is 2.05. The summed E-state index contributed by atoms with van der Waals surface area (Å²) in [5.41, 5.74) is 0.746. The van der Waals surface area contributed by atoms with Crippen molar-refractivity contribution in [3.63, 3.8) is 0 Å². The molecule has 2 aromatic rings. The number of carbonyl (C=O) groups is 1. The van der Waals surface area contributed by atoms with Gasteiger partial charge in [-0.05, 0) is 37.7 Å². The number of esters is 1. The Balaban J connectivity index is 2.07. The molecule has 0 aliphatic rings. The van der Waals surface area contributed by atoms with Gasteiger partial charge in [0.1, 0.15) is 5.69 Å². The highest BCUT2D eigenvalue weighted by Gasteiger charge is 2.10. The van der Waals surface area contributed by atoms with Crippen LogP contribution in [0.1, 0.15) is 19.8 Å². The maximum absolute atomic E-state index is 11.3. The van der Waals surface area contributed by atoms with Crippen LogP contribution in [0.15, 0.2) is 24.4 Å². The first-order chi connectivity index (χ1) is 9.72. The summed E-state index contributed by atoms with van der Waals surface area (Å²) >= 11 is 5.20. The normalized spacial score (nSPS) is 10.4. The Morgan fingerprint density at radius 3 is 3.05 bits per heavy atom. The van der Waals surface area contributed by atoms with Gasteiger partial charge in [0.15, 0.2) is 10.6 Å². The first kappa shape index (κ1) is 14.4. The number of carbonyl (C=O) groups excluding carboxylic acids is 1. The highest BCUT2D eigenvalue weighted by atomic mass is 32.1. The van der Waals surface area contributed by atoms with E-state index < -0.39 is 0 Å². The zero-order valence-corrected chi connectivity index (χ0v) is 12.0. The van der Waals surface area contributed by atoms with Crippen LogP contribution in [0.2, 0.25) is 0 Å². The minimum atomic E-state index is -0.193. The van der Waals surface area contributed by atoms with E-state index in [1.165, 1.54) is 0 Å². The molecule has 0 spiro atoms. The lowest BCUT2D eigenvalue weighted by Gasteiger charge is -2.06. The molecule has 2 heterocycles. The first-order valence-electron chi connectivity index (χ1n) is 6.44. The molecule has 106 valence electrons. The third kappa shape index (κ3) is 3.51. The molecule has 2 aromatic heterocycles. The van der Waals surface area contributed by atoms with E-state index in [1.807, 2.05) is 22.8 Å². The molecule has 0 saturated heterocycles. The number of H-pyrrole nitrogens is 1. The molecule has 0 bridgehead atoms. The number of aromatic nitrogens is 4. The van der Waals surface area contributed by atoms with Gasteiger partial charge in [-0.1, -0.05) is 6.07 Å².